The number of hydrogen-bond donors (Lipinski definition) is 1. The SMILES string of the molecule is CC(C)c1cc([Si](C)(C)C)cc(C(C)C)c1O.[LiH]. The first-order valence-corrected chi connectivity index (χ1v) is 10.0. The fraction of sp³-hybridized carbons (Fsp3) is 0.600. The Kier molecular flexibility index (Phi) is 6.27. The van der Waals surface area contributed by atoms with Crippen LogP contribution in [0.5, 0.6) is 5.75 Å². The van der Waals surface area contributed by atoms with Gasteiger partial charge in [0.2, 0.25) is 0 Å². The summed E-state index contributed by atoms with van der Waals surface area (Å²) in [7, 11) is -1.32. The molecule has 98 valence electrons. The van der Waals surface area contributed by atoms with Crippen LogP contribution in [0.4, 0.5) is 0 Å². The van der Waals surface area contributed by atoms with E-state index in [9.17, 15) is 5.11 Å². The molecule has 0 spiro atoms. The average Bonchev–Trinajstić information content (AvgIpc) is 2.14. The molecule has 0 aromatic heterocycles. The number of aromatic hydroxyl groups is 1. The zero-order valence-corrected chi connectivity index (χ0v) is 13.3. The van der Waals surface area contributed by atoms with Gasteiger partial charge in [-0.2, -0.15) is 0 Å². The minimum absolute atomic E-state index is 0. The molecule has 0 atom stereocenters. The van der Waals surface area contributed by atoms with Crippen molar-refractivity contribution in [3.63, 3.8) is 0 Å². The summed E-state index contributed by atoms with van der Waals surface area (Å²) in [5.41, 5.74) is 2.21. The molecule has 0 saturated heterocycles. The van der Waals surface area contributed by atoms with E-state index in [1.165, 1.54) is 5.19 Å². The number of phenolic OH excluding ortho intramolecular Hbond substituents is 1. The third-order valence-electron chi connectivity index (χ3n) is 3.28. The maximum absolute atomic E-state index is 10.3. The summed E-state index contributed by atoms with van der Waals surface area (Å²) >= 11 is 0. The molecule has 0 bridgehead atoms. The Morgan fingerprint density at radius 3 is 1.44 bits per heavy atom. The van der Waals surface area contributed by atoms with E-state index in [0.29, 0.717) is 17.6 Å². The van der Waals surface area contributed by atoms with Gasteiger partial charge in [-0.1, -0.05) is 64.7 Å². The van der Waals surface area contributed by atoms with Crippen molar-refractivity contribution < 1.29 is 5.11 Å². The minimum atomic E-state index is -1.32. The number of benzene rings is 1. The monoisotopic (exact) mass is 258 g/mol. The molecule has 0 aliphatic heterocycles. The van der Waals surface area contributed by atoms with Crippen LogP contribution in [0, 0.1) is 0 Å². The summed E-state index contributed by atoms with van der Waals surface area (Å²) in [4.78, 5) is 0. The van der Waals surface area contributed by atoms with Gasteiger partial charge in [0.1, 0.15) is 5.75 Å². The Morgan fingerprint density at radius 1 is 0.889 bits per heavy atom. The summed E-state index contributed by atoms with van der Waals surface area (Å²) in [6.07, 6.45) is 0. The molecule has 1 rings (SSSR count). The predicted molar refractivity (Wildman–Crippen MR) is 86.4 cm³/mol. The first kappa shape index (κ1) is 17.8. The fourth-order valence-electron chi connectivity index (χ4n) is 1.99. The second-order valence-corrected chi connectivity index (χ2v) is 11.6. The molecule has 1 aromatic rings. The van der Waals surface area contributed by atoms with Gasteiger partial charge in [0.25, 0.3) is 0 Å². The molecule has 3 heteroatoms. The second-order valence-electron chi connectivity index (χ2n) is 6.56. The van der Waals surface area contributed by atoms with E-state index in [2.05, 4.69) is 59.5 Å². The summed E-state index contributed by atoms with van der Waals surface area (Å²) < 4.78 is 0. The normalized spacial score (nSPS) is 11.8. The Hall–Kier alpha value is -0.166. The first-order chi connectivity index (χ1) is 7.64. The first-order valence-electron chi connectivity index (χ1n) is 6.52. The predicted octanol–water partition coefficient (Wildman–Crippen LogP) is 3.54. The van der Waals surface area contributed by atoms with Crippen LogP contribution in [0.3, 0.4) is 0 Å². The van der Waals surface area contributed by atoms with Crippen LogP contribution in [-0.4, -0.2) is 32.0 Å². The van der Waals surface area contributed by atoms with Crippen LogP contribution in [0.15, 0.2) is 12.1 Å². The van der Waals surface area contributed by atoms with Crippen LogP contribution in [0.25, 0.3) is 0 Å². The van der Waals surface area contributed by atoms with Crippen molar-refractivity contribution in [2.24, 2.45) is 0 Å². The topological polar surface area (TPSA) is 20.2 Å². The van der Waals surface area contributed by atoms with Gasteiger partial charge < -0.3 is 5.11 Å². The van der Waals surface area contributed by atoms with E-state index in [-0.39, 0.29) is 18.9 Å². The number of phenols is 1. The van der Waals surface area contributed by atoms with Gasteiger partial charge in [-0.15, -0.1) is 0 Å². The third kappa shape index (κ3) is 3.91. The maximum atomic E-state index is 10.3. The molecular weight excluding hydrogens is 231 g/mol. The van der Waals surface area contributed by atoms with Crippen molar-refractivity contribution in [2.75, 3.05) is 0 Å². The van der Waals surface area contributed by atoms with Gasteiger partial charge in [-0.05, 0) is 23.0 Å². The van der Waals surface area contributed by atoms with Crippen molar-refractivity contribution in [1.82, 2.24) is 0 Å². The second kappa shape index (κ2) is 6.32. The van der Waals surface area contributed by atoms with E-state index in [1.54, 1.807) is 0 Å². The summed E-state index contributed by atoms with van der Waals surface area (Å²) in [5.74, 6) is 1.27. The van der Waals surface area contributed by atoms with Gasteiger partial charge >= 0.3 is 18.9 Å². The Balaban J connectivity index is 0.00000289. The Morgan fingerprint density at radius 2 is 1.22 bits per heavy atom. The van der Waals surface area contributed by atoms with Gasteiger partial charge in [0.05, 0.1) is 8.07 Å². The molecule has 0 heterocycles. The van der Waals surface area contributed by atoms with Gasteiger partial charge in [0, 0.05) is 0 Å². The van der Waals surface area contributed by atoms with Crippen LogP contribution in [-0.2, 0) is 0 Å². The van der Waals surface area contributed by atoms with Crippen LogP contribution in [0.2, 0.25) is 19.6 Å². The van der Waals surface area contributed by atoms with Crippen molar-refractivity contribution >= 4 is 32.1 Å². The molecule has 18 heavy (non-hydrogen) atoms. The van der Waals surface area contributed by atoms with Crippen molar-refractivity contribution in [3.05, 3.63) is 23.3 Å². The quantitative estimate of drug-likeness (QED) is 0.822. The van der Waals surface area contributed by atoms with Crippen molar-refractivity contribution in [3.8, 4) is 5.75 Å². The molecule has 0 aliphatic rings. The summed E-state index contributed by atoms with van der Waals surface area (Å²) in [5, 5.41) is 11.8. The summed E-state index contributed by atoms with van der Waals surface area (Å²) in [6, 6.07) is 4.44. The average molecular weight is 258 g/mol. The van der Waals surface area contributed by atoms with Gasteiger partial charge in [0.15, 0.2) is 0 Å². The molecule has 1 aromatic carbocycles. The number of hydrogen-bond acceptors (Lipinski definition) is 1. The molecule has 0 unspecified atom stereocenters. The van der Waals surface area contributed by atoms with Crippen LogP contribution in [0.1, 0.15) is 50.7 Å². The fourth-order valence-corrected chi connectivity index (χ4v) is 3.17. The van der Waals surface area contributed by atoms with Gasteiger partial charge in [-0.25, -0.2) is 0 Å². The summed E-state index contributed by atoms with van der Waals surface area (Å²) in [6.45, 7) is 15.6. The van der Waals surface area contributed by atoms with E-state index in [0.717, 1.165) is 11.1 Å². The van der Waals surface area contributed by atoms with E-state index in [4.69, 9.17) is 0 Å². The molecule has 0 aliphatic carbocycles. The molecule has 0 radical (unpaired) electrons. The van der Waals surface area contributed by atoms with Crippen LogP contribution < -0.4 is 5.19 Å². The van der Waals surface area contributed by atoms with Crippen molar-refractivity contribution in [1.29, 1.82) is 0 Å². The standard InChI is InChI=1S/C15H26OSi.Li.H/c1-10(2)13-8-12(17(5,6)7)9-14(11(3)4)15(13)16;;/h8-11,16H,1-7H3;;. The molecule has 0 amide bonds. The Labute approximate surface area is 125 Å². The zero-order chi connectivity index (χ0) is 13.4. The van der Waals surface area contributed by atoms with E-state index >= 15 is 0 Å². The molecule has 0 saturated carbocycles. The molecule has 1 N–H and O–H groups in total. The molecular formula is C15H27LiOSi. The van der Waals surface area contributed by atoms with Crippen LogP contribution >= 0.6 is 0 Å². The van der Waals surface area contributed by atoms with Crippen molar-refractivity contribution in [2.45, 2.75) is 59.2 Å². The van der Waals surface area contributed by atoms with E-state index in [1.807, 2.05) is 0 Å². The number of rotatable bonds is 3. The third-order valence-corrected chi connectivity index (χ3v) is 5.30. The molecule has 1 nitrogen and oxygen atoms in total. The van der Waals surface area contributed by atoms with Gasteiger partial charge in [-0.3, -0.25) is 0 Å². The molecule has 0 fully saturated rings. The Bertz CT molecular complexity index is 376. The van der Waals surface area contributed by atoms with E-state index < -0.39 is 8.07 Å². The zero-order valence-electron chi connectivity index (χ0n) is 12.3.